The quantitative estimate of drug-likeness (QED) is 0.268. The van der Waals surface area contributed by atoms with Gasteiger partial charge in [-0.25, -0.2) is 13.2 Å². The van der Waals surface area contributed by atoms with E-state index in [9.17, 15) is 27.0 Å². The zero-order valence-electron chi connectivity index (χ0n) is 7.82. The molecule has 0 heterocycles. The fourth-order valence-electron chi connectivity index (χ4n) is 0.789. The third-order valence-corrected chi connectivity index (χ3v) is 1.39. The second-order valence-electron chi connectivity index (χ2n) is 2.32. The van der Waals surface area contributed by atoms with Crippen LogP contribution in [0.25, 0.3) is 0 Å². The van der Waals surface area contributed by atoms with Gasteiger partial charge in [0.25, 0.3) is 0 Å². The third-order valence-electron chi connectivity index (χ3n) is 1.39. The van der Waals surface area contributed by atoms with Crippen molar-refractivity contribution in [3.63, 3.8) is 0 Å². The predicted octanol–water partition coefficient (Wildman–Crippen LogP) is -3.28. The van der Waals surface area contributed by atoms with Gasteiger partial charge in [-0.3, -0.25) is 0 Å². The van der Waals surface area contributed by atoms with Crippen LogP contribution in [-0.4, -0.2) is 35.4 Å². The molecule has 90 valence electrons. The molecule has 17 heavy (non-hydrogen) atoms. The first-order chi connectivity index (χ1) is 6.86. The molecule has 1 N–H and O–H groups in total. The van der Waals surface area contributed by atoms with E-state index in [1.807, 2.05) is 0 Å². The molecule has 0 saturated heterocycles. The Kier molecular flexibility index (Phi) is 8.33. The molecule has 3 nitrogen and oxygen atoms in total. The van der Waals surface area contributed by atoms with Gasteiger partial charge < -0.3 is 31.7 Å². The van der Waals surface area contributed by atoms with E-state index in [0.717, 1.165) is 0 Å². The van der Waals surface area contributed by atoms with Crippen molar-refractivity contribution in [1.82, 2.24) is 0 Å². The molecule has 0 aromatic heterocycles. The van der Waals surface area contributed by atoms with Crippen LogP contribution in [0, 0.1) is 29.1 Å². The Bertz CT molecular complexity index is 379. The maximum atomic E-state index is 12.7. The Morgan fingerprint density at radius 3 is 1.47 bits per heavy atom. The van der Waals surface area contributed by atoms with Crippen LogP contribution in [0.3, 0.4) is 0 Å². The number of hydrogen-bond donors (Lipinski definition) is 1. The van der Waals surface area contributed by atoms with Crippen molar-refractivity contribution in [2.24, 2.45) is 0 Å². The molecule has 1 rings (SSSR count). The van der Waals surface area contributed by atoms with Crippen molar-refractivity contribution in [2.75, 3.05) is 0 Å². The standard InChI is InChI=1S/C6HBF5O3.BrH.Mg/c8-1-2(9)4(11)6(15-7(13)14)5(12)3(1)10;;/h13H;1H;/q-1;;+2/p-1. The third kappa shape index (κ3) is 3.95. The van der Waals surface area contributed by atoms with E-state index in [2.05, 4.69) is 4.65 Å². The molecule has 0 fully saturated rings. The molecular weight excluding hydrogens is 330 g/mol. The zero-order chi connectivity index (χ0) is 11.7. The van der Waals surface area contributed by atoms with Gasteiger partial charge in [-0.15, -0.1) is 0 Å². The van der Waals surface area contributed by atoms with Gasteiger partial charge in [-0.1, -0.05) is 0 Å². The van der Waals surface area contributed by atoms with Crippen molar-refractivity contribution in [3.05, 3.63) is 29.1 Å². The fourth-order valence-corrected chi connectivity index (χ4v) is 0.789. The van der Waals surface area contributed by atoms with E-state index in [1.165, 1.54) is 0 Å². The van der Waals surface area contributed by atoms with Gasteiger partial charge in [0.2, 0.25) is 29.1 Å². The van der Waals surface area contributed by atoms with Gasteiger partial charge in [-0.2, -0.15) is 8.78 Å². The summed E-state index contributed by atoms with van der Waals surface area (Å²) in [5.41, 5.74) is 0. The molecule has 0 aliphatic heterocycles. The number of hydrogen-bond acceptors (Lipinski definition) is 3. The second kappa shape index (κ2) is 7.36. The Balaban J connectivity index is 0. The van der Waals surface area contributed by atoms with E-state index in [4.69, 9.17) is 5.02 Å². The van der Waals surface area contributed by atoms with Gasteiger partial charge in [-0.05, 0) is 0 Å². The van der Waals surface area contributed by atoms with Crippen LogP contribution in [0.5, 0.6) is 5.75 Å². The molecule has 0 aliphatic carbocycles. The molecule has 0 radical (unpaired) electrons. The SMILES string of the molecule is [Br-].[Mg+2].[O-]B(O)Oc1c(F)c(F)c(F)c(F)c1F. The second-order valence-corrected chi connectivity index (χ2v) is 2.32. The molecule has 0 saturated carbocycles. The summed E-state index contributed by atoms with van der Waals surface area (Å²) in [5, 5.41) is 18.0. The average Bonchev–Trinajstić information content (AvgIpc) is 2.18. The summed E-state index contributed by atoms with van der Waals surface area (Å²) in [5.74, 6) is -13.3. The van der Waals surface area contributed by atoms with E-state index in [1.54, 1.807) is 0 Å². The first-order valence-corrected chi connectivity index (χ1v) is 3.38. The van der Waals surface area contributed by atoms with Crippen molar-refractivity contribution in [3.8, 4) is 5.75 Å². The average molecular weight is 331 g/mol. The predicted molar refractivity (Wildman–Crippen MR) is 40.6 cm³/mol. The molecule has 0 amide bonds. The van der Waals surface area contributed by atoms with Crippen LogP contribution in [0.1, 0.15) is 0 Å². The van der Waals surface area contributed by atoms with Gasteiger partial charge in [0.05, 0.1) is 0 Å². The van der Waals surface area contributed by atoms with Crippen molar-refractivity contribution in [1.29, 1.82) is 0 Å². The smallest absolute Gasteiger partial charge is 1.00 e. The normalized spacial score (nSPS) is 9.12. The van der Waals surface area contributed by atoms with Crippen LogP contribution in [-0.2, 0) is 0 Å². The van der Waals surface area contributed by atoms with Crippen molar-refractivity contribution >= 4 is 30.4 Å². The summed E-state index contributed by atoms with van der Waals surface area (Å²) in [4.78, 5) is 0. The summed E-state index contributed by atoms with van der Waals surface area (Å²) in [6, 6.07) is 0. The molecule has 0 spiro atoms. The monoisotopic (exact) mass is 330 g/mol. The number of benzene rings is 1. The zero-order valence-corrected chi connectivity index (χ0v) is 10.8. The van der Waals surface area contributed by atoms with Crippen LogP contribution < -0.4 is 26.7 Å². The molecule has 0 unspecified atom stereocenters. The molecule has 11 heteroatoms. The summed E-state index contributed by atoms with van der Waals surface area (Å²) in [6.45, 7) is 0. The topological polar surface area (TPSA) is 52.5 Å². The van der Waals surface area contributed by atoms with Crippen LogP contribution in [0.15, 0.2) is 0 Å². The summed E-state index contributed by atoms with van der Waals surface area (Å²) in [7, 11) is -2.95. The van der Waals surface area contributed by atoms with Crippen molar-refractivity contribution in [2.45, 2.75) is 0 Å². The minimum atomic E-state index is -2.95. The molecule has 0 bridgehead atoms. The van der Waals surface area contributed by atoms with Crippen LogP contribution >= 0.6 is 0 Å². The van der Waals surface area contributed by atoms with Crippen LogP contribution in [0.4, 0.5) is 22.0 Å². The van der Waals surface area contributed by atoms with E-state index >= 15 is 0 Å². The van der Waals surface area contributed by atoms with Gasteiger partial charge in [0.1, 0.15) is 0 Å². The number of rotatable bonds is 2. The summed E-state index contributed by atoms with van der Waals surface area (Å²) in [6.07, 6.45) is 0. The van der Waals surface area contributed by atoms with E-state index in [0.29, 0.717) is 0 Å². The molecule has 0 aliphatic rings. The summed E-state index contributed by atoms with van der Waals surface area (Å²) < 4.78 is 66.1. The van der Waals surface area contributed by atoms with E-state index < -0.39 is 42.2 Å². The molecule has 0 atom stereocenters. The van der Waals surface area contributed by atoms with E-state index in [-0.39, 0.29) is 40.0 Å². The Hall–Kier alpha value is -0.0988. The van der Waals surface area contributed by atoms with Gasteiger partial charge in [0.15, 0.2) is 5.75 Å². The largest absolute Gasteiger partial charge is 2.00 e. The summed E-state index contributed by atoms with van der Waals surface area (Å²) >= 11 is 0. The first kappa shape index (κ1) is 19.2. The maximum absolute atomic E-state index is 12.7. The Morgan fingerprint density at radius 1 is 0.882 bits per heavy atom. The number of halogens is 6. The van der Waals surface area contributed by atoms with Crippen molar-refractivity contribution < 1.29 is 53.6 Å². The van der Waals surface area contributed by atoms with Gasteiger partial charge in [0, 0.05) is 0 Å². The minimum Gasteiger partial charge on any atom is -1.00 e. The first-order valence-electron chi connectivity index (χ1n) is 3.38. The van der Waals surface area contributed by atoms with Crippen LogP contribution in [0.2, 0.25) is 0 Å². The Labute approximate surface area is 119 Å². The van der Waals surface area contributed by atoms with Gasteiger partial charge >= 0.3 is 30.4 Å². The fraction of sp³-hybridized carbons (Fsp3) is 0. The molecular formula is C6HBBrF5MgO3. The minimum absolute atomic E-state index is 0. The maximum Gasteiger partial charge on any atom is 2.00 e. The molecule has 1 aromatic carbocycles. The Morgan fingerprint density at radius 2 is 1.18 bits per heavy atom. The molecule has 1 aromatic rings.